The highest BCUT2D eigenvalue weighted by Crippen LogP contribution is 2.56. The monoisotopic (exact) mass is 369 g/mol. The minimum absolute atomic E-state index is 0.00256. The molecule has 5 rings (SSSR count). The highest BCUT2D eigenvalue weighted by atomic mass is 16.5. The largest absolute Gasteiger partial charge is 0.457 e. The maximum absolute atomic E-state index is 12.7. The van der Waals surface area contributed by atoms with Gasteiger partial charge in [0.2, 0.25) is 5.91 Å². The lowest BCUT2D eigenvalue weighted by atomic mass is 9.52. The fourth-order valence-electron chi connectivity index (χ4n) is 5.62. The van der Waals surface area contributed by atoms with Gasteiger partial charge in [0.25, 0.3) is 0 Å². The van der Waals surface area contributed by atoms with Crippen LogP contribution in [-0.2, 0) is 14.3 Å². The van der Waals surface area contributed by atoms with Gasteiger partial charge in [-0.1, -0.05) is 6.92 Å². The number of nitrogens with one attached hydrogen (secondary N) is 1. The number of hydrogen-bond acceptors (Lipinski definition) is 4. The molecular weight excluding hydrogens is 342 g/mol. The summed E-state index contributed by atoms with van der Waals surface area (Å²) in [5.41, 5.74) is 1.14. The van der Waals surface area contributed by atoms with Crippen LogP contribution in [0.3, 0.4) is 0 Å². The Hall–Kier alpha value is -2.17. The van der Waals surface area contributed by atoms with Crippen molar-refractivity contribution >= 4 is 23.3 Å². The molecule has 0 aromatic heterocycles. The lowest BCUT2D eigenvalue weighted by Crippen LogP contribution is -2.48. The Morgan fingerprint density at radius 2 is 1.56 bits per heavy atom. The van der Waals surface area contributed by atoms with E-state index in [1.807, 2.05) is 0 Å². The minimum atomic E-state index is -0.208. The number of ketones is 1. The predicted octanol–water partition coefficient (Wildman–Crippen LogP) is 3.83. The van der Waals surface area contributed by atoms with Gasteiger partial charge >= 0.3 is 5.97 Å². The molecule has 0 spiro atoms. The van der Waals surface area contributed by atoms with E-state index in [1.54, 1.807) is 31.2 Å². The van der Waals surface area contributed by atoms with Crippen LogP contribution in [0.5, 0.6) is 0 Å². The van der Waals surface area contributed by atoms with Gasteiger partial charge in [0.15, 0.2) is 12.4 Å². The third kappa shape index (κ3) is 3.78. The van der Waals surface area contributed by atoms with E-state index in [0.29, 0.717) is 29.5 Å². The summed E-state index contributed by atoms with van der Waals surface area (Å²) in [6.07, 6.45) is 6.39. The number of anilines is 1. The maximum atomic E-state index is 12.7. The van der Waals surface area contributed by atoms with E-state index in [0.717, 1.165) is 37.5 Å². The summed E-state index contributed by atoms with van der Waals surface area (Å²) < 4.78 is 5.44. The zero-order valence-electron chi connectivity index (χ0n) is 15.8. The average Bonchev–Trinajstić information content (AvgIpc) is 2.65. The summed E-state index contributed by atoms with van der Waals surface area (Å²) in [5.74, 6) is 2.09. The number of hydrogen-bond donors (Lipinski definition) is 1. The van der Waals surface area contributed by atoms with E-state index in [9.17, 15) is 14.4 Å². The van der Waals surface area contributed by atoms with E-state index >= 15 is 0 Å². The van der Waals surface area contributed by atoms with E-state index in [2.05, 4.69) is 5.32 Å². The van der Waals surface area contributed by atoms with Crippen molar-refractivity contribution in [2.75, 3.05) is 11.9 Å². The van der Waals surface area contributed by atoms with E-state index < -0.39 is 0 Å². The average molecular weight is 369 g/mol. The topological polar surface area (TPSA) is 72.5 Å². The normalized spacial score (nSPS) is 30.8. The molecule has 0 heterocycles. The molecule has 0 aliphatic heterocycles. The van der Waals surface area contributed by atoms with E-state index in [-0.39, 0.29) is 30.2 Å². The molecule has 27 heavy (non-hydrogen) atoms. The third-order valence-corrected chi connectivity index (χ3v) is 6.66. The summed E-state index contributed by atoms with van der Waals surface area (Å²) >= 11 is 0. The van der Waals surface area contributed by atoms with Crippen molar-refractivity contribution in [3.63, 3.8) is 0 Å². The van der Waals surface area contributed by atoms with Crippen LogP contribution in [0.2, 0.25) is 0 Å². The second-order valence-electron chi connectivity index (χ2n) is 8.47. The summed E-state index contributed by atoms with van der Waals surface area (Å²) in [7, 11) is 0. The fraction of sp³-hybridized carbons (Fsp3) is 0.591. The van der Waals surface area contributed by atoms with Crippen molar-refractivity contribution in [1.82, 2.24) is 0 Å². The van der Waals surface area contributed by atoms with Crippen LogP contribution in [0, 0.1) is 29.6 Å². The molecule has 4 aliphatic carbocycles. The number of carbonyl (C=O) groups excluding carboxylic acids is 3. The first-order chi connectivity index (χ1) is 13.0. The van der Waals surface area contributed by atoms with Crippen molar-refractivity contribution in [3.05, 3.63) is 29.8 Å². The summed E-state index contributed by atoms with van der Waals surface area (Å²) in [4.78, 5) is 36.4. The van der Waals surface area contributed by atoms with Gasteiger partial charge in [0.05, 0.1) is 5.92 Å². The minimum Gasteiger partial charge on any atom is -0.457 e. The number of ether oxygens (including phenoxy) is 1. The molecule has 5 nitrogen and oxygen atoms in total. The van der Waals surface area contributed by atoms with Crippen molar-refractivity contribution in [2.24, 2.45) is 29.6 Å². The fourth-order valence-corrected chi connectivity index (χ4v) is 5.62. The van der Waals surface area contributed by atoms with Crippen molar-refractivity contribution in [1.29, 1.82) is 0 Å². The van der Waals surface area contributed by atoms with E-state index in [4.69, 9.17) is 4.74 Å². The van der Waals surface area contributed by atoms with Gasteiger partial charge in [-0.2, -0.15) is 0 Å². The lowest BCUT2D eigenvalue weighted by molar-refractivity contribution is -0.161. The maximum Gasteiger partial charge on any atom is 0.309 e. The Balaban J connectivity index is 1.31. The lowest BCUT2D eigenvalue weighted by Gasteiger charge is -2.53. The second kappa shape index (κ2) is 7.45. The molecular formula is C22H27NO4. The van der Waals surface area contributed by atoms with Crippen LogP contribution < -0.4 is 5.32 Å². The van der Waals surface area contributed by atoms with Crippen LogP contribution in [0.1, 0.15) is 55.8 Å². The standard InChI is InChI=1S/C22H27NO4/c1-2-20(25)23-18-5-3-15(4-6-18)19(24)12-27-22(26)21-16-8-13-7-14(10-16)11-17(21)9-13/h3-6,13-14,16-17,21H,2,7-12H2,1H3,(H,23,25). The Bertz CT molecular complexity index is 711. The van der Waals surface area contributed by atoms with Crippen LogP contribution >= 0.6 is 0 Å². The molecule has 0 unspecified atom stereocenters. The van der Waals surface area contributed by atoms with Crippen LogP contribution in [0.15, 0.2) is 24.3 Å². The molecule has 0 saturated heterocycles. The zero-order valence-corrected chi connectivity index (χ0v) is 15.8. The number of Topliss-reactive ketones (excluding diaryl/α,β-unsaturated/α-hetero) is 1. The van der Waals surface area contributed by atoms with E-state index in [1.165, 1.54) is 6.42 Å². The van der Waals surface area contributed by atoms with Gasteiger partial charge in [0.1, 0.15) is 0 Å². The Morgan fingerprint density at radius 3 is 2.11 bits per heavy atom. The Kier molecular flexibility index (Phi) is 5.02. The summed E-state index contributed by atoms with van der Waals surface area (Å²) in [5, 5.41) is 2.74. The third-order valence-electron chi connectivity index (χ3n) is 6.66. The molecule has 4 fully saturated rings. The van der Waals surface area contributed by atoms with Gasteiger partial charge in [-0.05, 0) is 80.0 Å². The molecule has 4 saturated carbocycles. The Morgan fingerprint density at radius 1 is 0.963 bits per heavy atom. The molecule has 1 amide bonds. The predicted molar refractivity (Wildman–Crippen MR) is 101 cm³/mol. The molecule has 1 aromatic rings. The molecule has 1 aromatic carbocycles. The highest BCUT2D eigenvalue weighted by molar-refractivity contribution is 5.99. The molecule has 0 radical (unpaired) electrons. The van der Waals surface area contributed by atoms with Crippen LogP contribution in [-0.4, -0.2) is 24.3 Å². The van der Waals surface area contributed by atoms with Gasteiger partial charge in [-0.25, -0.2) is 0 Å². The van der Waals surface area contributed by atoms with Crippen LogP contribution in [0.4, 0.5) is 5.69 Å². The number of esters is 1. The van der Waals surface area contributed by atoms with Gasteiger partial charge in [-0.15, -0.1) is 0 Å². The molecule has 4 bridgehead atoms. The smallest absolute Gasteiger partial charge is 0.309 e. The van der Waals surface area contributed by atoms with Gasteiger partial charge < -0.3 is 10.1 Å². The molecule has 4 aliphatic rings. The van der Waals surface area contributed by atoms with Crippen molar-refractivity contribution in [3.8, 4) is 0 Å². The molecule has 144 valence electrons. The quantitative estimate of drug-likeness (QED) is 0.611. The summed E-state index contributed by atoms with van der Waals surface area (Å²) in [6, 6.07) is 6.70. The molecule has 0 atom stereocenters. The van der Waals surface area contributed by atoms with Crippen molar-refractivity contribution in [2.45, 2.75) is 45.4 Å². The Labute approximate surface area is 159 Å². The number of rotatable bonds is 6. The molecule has 5 heteroatoms. The van der Waals surface area contributed by atoms with Crippen molar-refractivity contribution < 1.29 is 19.1 Å². The molecule has 1 N–H and O–H groups in total. The number of benzene rings is 1. The van der Waals surface area contributed by atoms with Gasteiger partial charge in [-0.3, -0.25) is 14.4 Å². The highest BCUT2D eigenvalue weighted by Gasteiger charge is 2.51. The first-order valence-corrected chi connectivity index (χ1v) is 10.1. The second-order valence-corrected chi connectivity index (χ2v) is 8.47. The summed E-state index contributed by atoms with van der Waals surface area (Å²) in [6.45, 7) is 1.58. The SMILES string of the molecule is CCC(=O)Nc1ccc(C(=O)COC(=O)C2C3CC4CC(C3)CC2C4)cc1. The number of carbonyl (C=O) groups is 3. The van der Waals surface area contributed by atoms with Gasteiger partial charge in [0, 0.05) is 17.7 Å². The first-order valence-electron chi connectivity index (χ1n) is 10.1. The first kappa shape index (κ1) is 18.2. The zero-order chi connectivity index (χ0) is 19.0. The number of amides is 1. The van der Waals surface area contributed by atoms with Crippen LogP contribution in [0.25, 0.3) is 0 Å².